The summed E-state index contributed by atoms with van der Waals surface area (Å²) in [6.45, 7) is 4.65. The predicted octanol–water partition coefficient (Wildman–Crippen LogP) is 3.14. The van der Waals surface area contributed by atoms with E-state index >= 15 is 0 Å². The van der Waals surface area contributed by atoms with Gasteiger partial charge in [-0.3, -0.25) is 4.68 Å². The second-order valence-corrected chi connectivity index (χ2v) is 4.67. The van der Waals surface area contributed by atoms with E-state index in [4.69, 9.17) is 11.6 Å². The van der Waals surface area contributed by atoms with Gasteiger partial charge in [0.25, 0.3) is 0 Å². The Morgan fingerprint density at radius 2 is 2.00 bits per heavy atom. The first-order valence-electron chi connectivity index (χ1n) is 6.08. The number of hydrogen-bond acceptors (Lipinski definition) is 2. The maximum atomic E-state index is 10.2. The van der Waals surface area contributed by atoms with E-state index in [1.807, 2.05) is 48.9 Å². The minimum absolute atomic E-state index is 0.484. The molecule has 3 nitrogen and oxygen atoms in total. The Labute approximate surface area is 112 Å². The monoisotopic (exact) mass is 264 g/mol. The van der Waals surface area contributed by atoms with E-state index in [-0.39, 0.29) is 0 Å². The van der Waals surface area contributed by atoms with E-state index in [0.717, 1.165) is 23.5 Å². The van der Waals surface area contributed by atoms with Crippen LogP contribution in [0.3, 0.4) is 0 Å². The van der Waals surface area contributed by atoms with Gasteiger partial charge < -0.3 is 5.11 Å². The molecule has 1 heterocycles. The molecule has 1 aromatic carbocycles. The van der Waals surface area contributed by atoms with Crippen LogP contribution in [0.25, 0.3) is 0 Å². The average molecular weight is 265 g/mol. The molecule has 1 N–H and O–H groups in total. The molecule has 0 spiro atoms. The number of rotatable bonds is 4. The first-order valence-corrected chi connectivity index (χ1v) is 6.46. The van der Waals surface area contributed by atoms with E-state index < -0.39 is 6.10 Å². The quantitative estimate of drug-likeness (QED) is 0.921. The topological polar surface area (TPSA) is 38.0 Å². The summed E-state index contributed by atoms with van der Waals surface area (Å²) in [5.41, 5.74) is 2.61. The van der Waals surface area contributed by atoms with Crippen molar-refractivity contribution in [2.75, 3.05) is 0 Å². The largest absolute Gasteiger partial charge is 0.388 e. The fourth-order valence-corrected chi connectivity index (χ4v) is 2.25. The van der Waals surface area contributed by atoms with Crippen molar-refractivity contribution in [3.63, 3.8) is 0 Å². The number of halogens is 1. The normalized spacial score (nSPS) is 12.7. The molecule has 4 heteroatoms. The number of nitrogens with zero attached hydrogens (tertiary/aromatic N) is 2. The highest BCUT2D eigenvalue weighted by Gasteiger charge is 2.17. The molecule has 0 amide bonds. The molecule has 1 aromatic heterocycles. The van der Waals surface area contributed by atoms with Crippen molar-refractivity contribution in [3.05, 3.63) is 52.3 Å². The molecule has 0 aliphatic heterocycles. The average Bonchev–Trinajstić information content (AvgIpc) is 2.67. The summed E-state index contributed by atoms with van der Waals surface area (Å²) in [6, 6.07) is 9.60. The van der Waals surface area contributed by atoms with Gasteiger partial charge in [0.05, 0.1) is 22.5 Å². The van der Waals surface area contributed by atoms with Crippen molar-refractivity contribution in [1.29, 1.82) is 0 Å². The fourth-order valence-electron chi connectivity index (χ4n) is 2.04. The smallest absolute Gasteiger partial charge is 0.0848 e. The first kappa shape index (κ1) is 13.1. The van der Waals surface area contributed by atoms with Crippen molar-refractivity contribution in [2.24, 2.45) is 0 Å². The Bertz CT molecular complexity index is 522. The Balaban J connectivity index is 2.24. The lowest BCUT2D eigenvalue weighted by molar-refractivity contribution is 0.175. The molecule has 0 aliphatic rings. The number of hydrogen-bond donors (Lipinski definition) is 1. The third-order valence-electron chi connectivity index (χ3n) is 3.02. The molecule has 0 aliphatic carbocycles. The van der Waals surface area contributed by atoms with Crippen LogP contribution in [0, 0.1) is 6.92 Å². The van der Waals surface area contributed by atoms with E-state index in [1.165, 1.54) is 0 Å². The fraction of sp³-hybridized carbons (Fsp3) is 0.357. The van der Waals surface area contributed by atoms with Crippen LogP contribution in [0.2, 0.25) is 5.02 Å². The molecule has 0 saturated carbocycles. The van der Waals surface area contributed by atoms with Gasteiger partial charge in [-0.25, -0.2) is 0 Å². The number of aliphatic hydroxyl groups excluding tert-OH is 1. The molecular formula is C14H17ClN2O. The lowest BCUT2D eigenvalue weighted by Crippen LogP contribution is -2.08. The van der Waals surface area contributed by atoms with E-state index in [9.17, 15) is 5.11 Å². The standard InChI is InChI=1S/C14H17ClN2O/c1-3-17-12(14(15)10(2)16-17)9-13(18)11-7-5-4-6-8-11/h4-8,13,18H,3,9H2,1-2H3. The zero-order valence-electron chi connectivity index (χ0n) is 10.6. The van der Waals surface area contributed by atoms with Gasteiger partial charge in [0, 0.05) is 13.0 Å². The van der Waals surface area contributed by atoms with Crippen molar-refractivity contribution >= 4 is 11.6 Å². The second-order valence-electron chi connectivity index (χ2n) is 4.29. The molecule has 0 fully saturated rings. The van der Waals surface area contributed by atoms with Crippen LogP contribution in [-0.4, -0.2) is 14.9 Å². The third kappa shape index (κ3) is 2.57. The molecule has 18 heavy (non-hydrogen) atoms. The van der Waals surface area contributed by atoms with Crippen molar-refractivity contribution < 1.29 is 5.11 Å². The highest BCUT2D eigenvalue weighted by molar-refractivity contribution is 6.31. The van der Waals surface area contributed by atoms with Gasteiger partial charge in [-0.2, -0.15) is 5.10 Å². The van der Waals surface area contributed by atoms with Gasteiger partial charge in [-0.05, 0) is 19.4 Å². The van der Waals surface area contributed by atoms with Crippen LogP contribution >= 0.6 is 11.6 Å². The van der Waals surface area contributed by atoms with Gasteiger partial charge >= 0.3 is 0 Å². The van der Waals surface area contributed by atoms with E-state index in [1.54, 1.807) is 0 Å². The van der Waals surface area contributed by atoms with Gasteiger partial charge in [-0.1, -0.05) is 41.9 Å². The molecule has 0 saturated heterocycles. The zero-order chi connectivity index (χ0) is 13.1. The van der Waals surface area contributed by atoms with Gasteiger partial charge in [0.1, 0.15) is 0 Å². The minimum Gasteiger partial charge on any atom is -0.388 e. The summed E-state index contributed by atoms with van der Waals surface area (Å²) in [5, 5.41) is 15.2. The Hall–Kier alpha value is -1.32. The summed E-state index contributed by atoms with van der Waals surface area (Å²) < 4.78 is 1.85. The molecule has 1 unspecified atom stereocenters. The number of aryl methyl sites for hydroxylation is 2. The van der Waals surface area contributed by atoms with Crippen molar-refractivity contribution in [2.45, 2.75) is 32.9 Å². The number of benzene rings is 1. The minimum atomic E-state index is -0.551. The van der Waals surface area contributed by atoms with Gasteiger partial charge in [-0.15, -0.1) is 0 Å². The molecule has 0 radical (unpaired) electrons. The lowest BCUT2D eigenvalue weighted by Gasteiger charge is -2.12. The maximum absolute atomic E-state index is 10.2. The Morgan fingerprint density at radius 3 is 2.61 bits per heavy atom. The van der Waals surface area contributed by atoms with Crippen molar-refractivity contribution in [1.82, 2.24) is 9.78 Å². The molecule has 2 aromatic rings. The number of aromatic nitrogens is 2. The molecule has 0 bridgehead atoms. The second kappa shape index (κ2) is 5.55. The van der Waals surface area contributed by atoms with Crippen LogP contribution in [0.1, 0.15) is 30.0 Å². The van der Waals surface area contributed by atoms with Crippen LogP contribution in [0.5, 0.6) is 0 Å². The summed E-state index contributed by atoms with van der Waals surface area (Å²) in [5.74, 6) is 0. The molecular weight excluding hydrogens is 248 g/mol. The van der Waals surface area contributed by atoms with Crippen molar-refractivity contribution in [3.8, 4) is 0 Å². The SMILES string of the molecule is CCn1nc(C)c(Cl)c1CC(O)c1ccccc1. The van der Waals surface area contributed by atoms with E-state index in [0.29, 0.717) is 11.4 Å². The third-order valence-corrected chi connectivity index (χ3v) is 3.52. The van der Waals surface area contributed by atoms with Crippen LogP contribution in [0.4, 0.5) is 0 Å². The van der Waals surface area contributed by atoms with Gasteiger partial charge in [0.2, 0.25) is 0 Å². The van der Waals surface area contributed by atoms with Crippen LogP contribution < -0.4 is 0 Å². The summed E-state index contributed by atoms with van der Waals surface area (Å²) in [6.07, 6.45) is -0.0672. The lowest BCUT2D eigenvalue weighted by atomic mass is 10.0. The predicted molar refractivity (Wildman–Crippen MR) is 72.8 cm³/mol. The molecule has 96 valence electrons. The highest BCUT2D eigenvalue weighted by Crippen LogP contribution is 2.25. The molecule has 1 atom stereocenters. The summed E-state index contributed by atoms with van der Waals surface area (Å²) in [4.78, 5) is 0. The Morgan fingerprint density at radius 1 is 1.33 bits per heavy atom. The number of aliphatic hydroxyl groups is 1. The van der Waals surface area contributed by atoms with Crippen LogP contribution in [0.15, 0.2) is 30.3 Å². The van der Waals surface area contributed by atoms with Gasteiger partial charge in [0.15, 0.2) is 0 Å². The van der Waals surface area contributed by atoms with Crippen LogP contribution in [-0.2, 0) is 13.0 Å². The highest BCUT2D eigenvalue weighted by atomic mass is 35.5. The summed E-state index contributed by atoms with van der Waals surface area (Å²) in [7, 11) is 0. The van der Waals surface area contributed by atoms with E-state index in [2.05, 4.69) is 5.10 Å². The summed E-state index contributed by atoms with van der Waals surface area (Å²) >= 11 is 6.23. The maximum Gasteiger partial charge on any atom is 0.0848 e. The zero-order valence-corrected chi connectivity index (χ0v) is 11.4. The molecule has 2 rings (SSSR count). The first-order chi connectivity index (χ1) is 8.63. The Kier molecular flexibility index (Phi) is 4.04.